The summed E-state index contributed by atoms with van der Waals surface area (Å²) in [5, 5.41) is 19.0. The predicted octanol–water partition coefficient (Wildman–Crippen LogP) is 3.81. The van der Waals surface area contributed by atoms with E-state index in [0.717, 1.165) is 21.8 Å². The van der Waals surface area contributed by atoms with Gasteiger partial charge in [0.05, 0.1) is 5.56 Å². The number of benzene rings is 1. The normalized spacial score (nSPS) is 12.1. The summed E-state index contributed by atoms with van der Waals surface area (Å²) in [5.41, 5.74) is 2.45. The number of rotatable bonds is 10. The Balaban J connectivity index is 2.23. The molecule has 1 aromatic carbocycles. The first-order valence-electron chi connectivity index (χ1n) is 8.71. The molecule has 9 heteroatoms. The molecule has 150 valence electrons. The molecule has 28 heavy (non-hydrogen) atoms. The van der Waals surface area contributed by atoms with Crippen LogP contribution in [0, 0.1) is 11.3 Å². The second-order valence-electron chi connectivity index (χ2n) is 6.01. The second kappa shape index (κ2) is 10.7. The van der Waals surface area contributed by atoms with Crippen molar-refractivity contribution in [1.29, 1.82) is 5.26 Å². The summed E-state index contributed by atoms with van der Waals surface area (Å²) >= 11 is 4.46. The van der Waals surface area contributed by atoms with E-state index in [1.807, 2.05) is 19.1 Å². The molecule has 0 saturated heterocycles. The molecule has 6 nitrogen and oxygen atoms in total. The molecule has 0 aliphatic heterocycles. The minimum absolute atomic E-state index is 0.162. The van der Waals surface area contributed by atoms with Gasteiger partial charge in [-0.15, -0.1) is 22.9 Å². The molecule has 0 bridgehead atoms. The summed E-state index contributed by atoms with van der Waals surface area (Å²) in [6.07, 6.45) is 1.70. The number of thiophene rings is 1. The standard InChI is InChI=1S/C19H21ClN2O4S2/c1-2-16-15(12-21)17(18(27-16)19(23)24)14-6-4-13(5-7-14)8-11-22(28(25)26)10-3-9-20/h4-7H,2-3,8-11H2,1H3,(H,23,24)(H,25,26)/p-1. The van der Waals surface area contributed by atoms with Crippen LogP contribution in [0.5, 0.6) is 0 Å². The van der Waals surface area contributed by atoms with E-state index >= 15 is 0 Å². The first-order valence-corrected chi connectivity index (χ1v) is 11.1. The van der Waals surface area contributed by atoms with Gasteiger partial charge < -0.3 is 9.66 Å². The summed E-state index contributed by atoms with van der Waals surface area (Å²) in [4.78, 5) is 12.5. The van der Waals surface area contributed by atoms with Crippen LogP contribution in [0.25, 0.3) is 11.1 Å². The number of hydrogen-bond acceptors (Lipinski definition) is 5. The Morgan fingerprint density at radius 1 is 1.36 bits per heavy atom. The number of halogens is 1. The number of carboxylic acids is 1. The van der Waals surface area contributed by atoms with Gasteiger partial charge in [-0.25, -0.2) is 9.10 Å². The number of carboxylic acid groups (broad SMARTS) is 1. The Morgan fingerprint density at radius 2 is 2.04 bits per heavy atom. The number of aromatic carboxylic acids is 1. The first kappa shape index (κ1) is 22.5. The third-order valence-corrected chi connectivity index (χ3v) is 6.63. The maximum atomic E-state index is 11.6. The van der Waals surface area contributed by atoms with Crippen molar-refractivity contribution < 1.29 is 18.7 Å². The maximum absolute atomic E-state index is 11.6. The molecule has 1 aromatic heterocycles. The Bertz CT molecular complexity index is 891. The van der Waals surface area contributed by atoms with Crippen molar-refractivity contribution >= 4 is 40.2 Å². The zero-order valence-electron chi connectivity index (χ0n) is 15.3. The van der Waals surface area contributed by atoms with Crippen molar-refractivity contribution in [2.45, 2.75) is 26.2 Å². The van der Waals surface area contributed by atoms with Crippen molar-refractivity contribution in [2.24, 2.45) is 0 Å². The van der Waals surface area contributed by atoms with Gasteiger partial charge in [0.15, 0.2) is 0 Å². The average Bonchev–Trinajstić information content (AvgIpc) is 3.07. The fourth-order valence-electron chi connectivity index (χ4n) is 2.86. The van der Waals surface area contributed by atoms with Gasteiger partial charge in [0.2, 0.25) is 0 Å². The lowest BCUT2D eigenvalue weighted by molar-refractivity contribution is 0.0703. The number of nitrogens with zero attached hydrogens (tertiary/aromatic N) is 2. The number of carbonyl (C=O) groups is 1. The van der Waals surface area contributed by atoms with Gasteiger partial charge in [-0.1, -0.05) is 31.2 Å². The van der Waals surface area contributed by atoms with Gasteiger partial charge >= 0.3 is 5.97 Å². The minimum Gasteiger partial charge on any atom is -0.760 e. The molecule has 1 heterocycles. The van der Waals surface area contributed by atoms with Gasteiger partial charge in [-0.3, -0.25) is 4.21 Å². The third kappa shape index (κ3) is 5.40. The molecule has 0 fully saturated rings. The van der Waals surface area contributed by atoms with Gasteiger partial charge in [0.25, 0.3) is 0 Å². The zero-order chi connectivity index (χ0) is 20.7. The van der Waals surface area contributed by atoms with Crippen LogP contribution in [0.2, 0.25) is 0 Å². The number of alkyl halides is 1. The predicted molar refractivity (Wildman–Crippen MR) is 110 cm³/mol. The van der Waals surface area contributed by atoms with Crippen molar-refractivity contribution in [3.8, 4) is 17.2 Å². The van der Waals surface area contributed by atoms with Crippen LogP contribution in [0.15, 0.2) is 24.3 Å². The van der Waals surface area contributed by atoms with E-state index in [9.17, 15) is 23.9 Å². The lowest BCUT2D eigenvalue weighted by Crippen LogP contribution is -2.29. The van der Waals surface area contributed by atoms with Crippen LogP contribution in [0.4, 0.5) is 0 Å². The zero-order valence-corrected chi connectivity index (χ0v) is 17.7. The molecule has 1 unspecified atom stereocenters. The summed E-state index contributed by atoms with van der Waals surface area (Å²) in [6.45, 7) is 2.61. The van der Waals surface area contributed by atoms with Gasteiger partial charge in [0, 0.05) is 40.7 Å². The van der Waals surface area contributed by atoms with Crippen molar-refractivity contribution in [2.75, 3.05) is 19.0 Å². The summed E-state index contributed by atoms with van der Waals surface area (Å²) in [6, 6.07) is 9.36. The molecule has 1 N–H and O–H groups in total. The van der Waals surface area contributed by atoms with E-state index in [4.69, 9.17) is 11.6 Å². The average molecular weight is 440 g/mol. The topological polar surface area (TPSA) is 104 Å². The summed E-state index contributed by atoms with van der Waals surface area (Å²) < 4.78 is 23.9. The summed E-state index contributed by atoms with van der Waals surface area (Å²) in [5.74, 6) is -0.649. The van der Waals surface area contributed by atoms with E-state index in [2.05, 4.69) is 6.07 Å². The Morgan fingerprint density at radius 3 is 2.54 bits per heavy atom. The Kier molecular flexibility index (Phi) is 8.60. The Labute approximate surface area is 175 Å². The SMILES string of the molecule is CCc1sc(C(=O)O)c(-c2ccc(CCN(CCCCl)S(=O)[O-])cc2)c1C#N. The van der Waals surface area contributed by atoms with Crippen molar-refractivity contribution in [1.82, 2.24) is 4.31 Å². The molecule has 2 rings (SSSR count). The lowest BCUT2D eigenvalue weighted by Gasteiger charge is -2.23. The van der Waals surface area contributed by atoms with Crippen LogP contribution in [0.1, 0.15) is 39.0 Å². The number of aryl methyl sites for hydroxylation is 1. The molecule has 2 aromatic rings. The van der Waals surface area contributed by atoms with E-state index in [1.54, 1.807) is 12.1 Å². The van der Waals surface area contributed by atoms with Gasteiger partial charge in [0.1, 0.15) is 10.9 Å². The molecule has 1 atom stereocenters. The minimum atomic E-state index is -2.30. The lowest BCUT2D eigenvalue weighted by atomic mass is 9.98. The van der Waals surface area contributed by atoms with Crippen LogP contribution in [-0.2, 0) is 24.1 Å². The highest BCUT2D eigenvalue weighted by Gasteiger charge is 2.23. The molecule has 0 spiro atoms. The van der Waals surface area contributed by atoms with Crippen LogP contribution >= 0.6 is 22.9 Å². The quantitative estimate of drug-likeness (QED) is 0.447. The summed E-state index contributed by atoms with van der Waals surface area (Å²) in [7, 11) is 0. The smallest absolute Gasteiger partial charge is 0.346 e. The molecular weight excluding hydrogens is 420 g/mol. The largest absolute Gasteiger partial charge is 0.760 e. The fourth-order valence-corrected chi connectivity index (χ4v) is 4.55. The number of nitriles is 1. The monoisotopic (exact) mass is 439 g/mol. The van der Waals surface area contributed by atoms with Gasteiger partial charge in [-0.2, -0.15) is 5.26 Å². The van der Waals surface area contributed by atoms with Crippen LogP contribution in [0.3, 0.4) is 0 Å². The molecule has 0 saturated carbocycles. The molecule has 0 aliphatic carbocycles. The molecule has 0 radical (unpaired) electrons. The number of hydrogen-bond donors (Lipinski definition) is 1. The fraction of sp³-hybridized carbons (Fsp3) is 0.368. The van der Waals surface area contributed by atoms with Gasteiger partial charge in [-0.05, 0) is 30.4 Å². The molecule has 0 aliphatic rings. The highest BCUT2D eigenvalue weighted by Crippen LogP contribution is 2.37. The van der Waals surface area contributed by atoms with E-state index in [-0.39, 0.29) is 4.88 Å². The van der Waals surface area contributed by atoms with Crippen molar-refractivity contribution in [3.63, 3.8) is 0 Å². The van der Waals surface area contributed by atoms with Crippen LogP contribution in [-0.4, -0.2) is 43.1 Å². The first-order chi connectivity index (χ1) is 13.4. The van der Waals surface area contributed by atoms with Crippen LogP contribution < -0.4 is 0 Å². The highest BCUT2D eigenvalue weighted by molar-refractivity contribution is 7.76. The third-order valence-electron chi connectivity index (χ3n) is 4.25. The molecule has 0 amide bonds. The van der Waals surface area contributed by atoms with E-state index in [0.29, 0.717) is 54.9 Å². The Hall–Kier alpha value is -1.76. The molecular formula is C19H20ClN2O4S2-. The van der Waals surface area contributed by atoms with Crippen molar-refractivity contribution in [3.05, 3.63) is 45.1 Å². The van der Waals surface area contributed by atoms with E-state index < -0.39 is 17.2 Å². The highest BCUT2D eigenvalue weighted by atomic mass is 35.5. The van der Waals surface area contributed by atoms with E-state index in [1.165, 1.54) is 4.31 Å². The second-order valence-corrected chi connectivity index (χ2v) is 8.44. The maximum Gasteiger partial charge on any atom is 0.346 e.